The fourth-order valence-electron chi connectivity index (χ4n) is 5.94. The van der Waals surface area contributed by atoms with E-state index in [0.717, 1.165) is 49.8 Å². The molecule has 3 heterocycles. The van der Waals surface area contributed by atoms with E-state index in [0.29, 0.717) is 41.5 Å². The van der Waals surface area contributed by atoms with Crippen LogP contribution in [0.5, 0.6) is 17.2 Å². The maximum Gasteiger partial charge on any atom is 0.253 e. The van der Waals surface area contributed by atoms with Crippen LogP contribution in [-0.4, -0.2) is 75.6 Å². The lowest BCUT2D eigenvalue weighted by Crippen LogP contribution is -2.49. The average molecular weight is 532 g/mol. The van der Waals surface area contributed by atoms with Crippen molar-refractivity contribution in [1.82, 2.24) is 30.1 Å². The summed E-state index contributed by atoms with van der Waals surface area (Å²) < 4.78 is 12.9. The highest BCUT2D eigenvalue weighted by Crippen LogP contribution is 2.36. The fourth-order valence-corrected chi connectivity index (χ4v) is 5.94. The summed E-state index contributed by atoms with van der Waals surface area (Å²) in [5, 5.41) is 23.5. The van der Waals surface area contributed by atoms with E-state index in [2.05, 4.69) is 30.3 Å². The Balaban J connectivity index is 1.40. The summed E-state index contributed by atoms with van der Waals surface area (Å²) >= 11 is 0. The second-order valence-corrected chi connectivity index (χ2v) is 10.2. The molecule has 1 saturated heterocycles. The van der Waals surface area contributed by atoms with Crippen LogP contribution in [0.3, 0.4) is 0 Å². The molecule has 11 nitrogen and oxygen atoms in total. The summed E-state index contributed by atoms with van der Waals surface area (Å²) in [6, 6.07) is 12.7. The zero-order chi connectivity index (χ0) is 26.9. The molecule has 2 fully saturated rings. The SMILES string of the molecule is COc1cc2cc([C@@H](c3nnnn3C3CCCC3)N3CCN(c4ccc(O)cc4)CC3)c(=O)[nH]c2cc1OC. The van der Waals surface area contributed by atoms with Crippen molar-refractivity contribution in [2.75, 3.05) is 45.3 Å². The molecule has 2 aromatic carbocycles. The average Bonchev–Trinajstić information content (AvgIpc) is 3.66. The van der Waals surface area contributed by atoms with Crippen LogP contribution in [0.1, 0.15) is 49.2 Å². The standard InChI is InChI=1S/C28H33N7O4/c1-38-24-16-18-15-22(28(37)29-23(18)17-25(24)39-2)26(27-30-31-32-35(27)20-5-3-4-6-20)34-13-11-33(12-14-34)19-7-9-21(36)10-8-19/h7-10,15-17,20,26,36H,3-6,11-14H2,1-2H3,(H,29,37)/t26-/m0/s1. The highest BCUT2D eigenvalue weighted by atomic mass is 16.5. The van der Waals surface area contributed by atoms with E-state index in [-0.39, 0.29) is 17.4 Å². The van der Waals surface area contributed by atoms with Gasteiger partial charge in [0, 0.05) is 48.9 Å². The molecule has 1 atom stereocenters. The minimum atomic E-state index is -0.413. The third kappa shape index (κ3) is 4.78. The first-order valence-corrected chi connectivity index (χ1v) is 13.4. The number of aromatic amines is 1. The van der Waals surface area contributed by atoms with Crippen molar-refractivity contribution in [3.8, 4) is 17.2 Å². The van der Waals surface area contributed by atoms with Gasteiger partial charge < -0.3 is 24.5 Å². The summed E-state index contributed by atoms with van der Waals surface area (Å²) in [6.07, 6.45) is 4.37. The number of hydrogen-bond acceptors (Lipinski definition) is 9. The van der Waals surface area contributed by atoms with Gasteiger partial charge in [-0.15, -0.1) is 5.10 Å². The first-order valence-electron chi connectivity index (χ1n) is 13.4. The van der Waals surface area contributed by atoms with Gasteiger partial charge in [0.1, 0.15) is 11.8 Å². The highest BCUT2D eigenvalue weighted by Gasteiger charge is 2.35. The zero-order valence-corrected chi connectivity index (χ0v) is 22.2. The Morgan fingerprint density at radius 3 is 2.36 bits per heavy atom. The molecule has 1 aliphatic heterocycles. The molecule has 0 spiro atoms. The molecule has 0 unspecified atom stereocenters. The lowest BCUT2D eigenvalue weighted by Gasteiger charge is -2.39. The number of H-pyrrole nitrogens is 1. The Kier molecular flexibility index (Phi) is 6.82. The predicted octanol–water partition coefficient (Wildman–Crippen LogP) is 3.26. The number of piperazine rings is 1. The summed E-state index contributed by atoms with van der Waals surface area (Å²) in [7, 11) is 3.18. The first-order chi connectivity index (χ1) is 19.1. The Hall–Kier alpha value is -4.12. The van der Waals surface area contributed by atoms with Crippen molar-refractivity contribution >= 4 is 16.6 Å². The molecule has 6 rings (SSSR count). The largest absolute Gasteiger partial charge is 0.508 e. The number of aromatic hydroxyl groups is 1. The molecule has 204 valence electrons. The van der Waals surface area contributed by atoms with E-state index in [4.69, 9.17) is 9.47 Å². The molecule has 2 aliphatic rings. The van der Waals surface area contributed by atoms with Crippen molar-refractivity contribution in [2.24, 2.45) is 0 Å². The molecule has 2 aromatic heterocycles. The molecule has 1 aliphatic carbocycles. The third-order valence-electron chi connectivity index (χ3n) is 8.00. The van der Waals surface area contributed by atoms with Gasteiger partial charge in [0.05, 0.1) is 25.8 Å². The number of fused-ring (bicyclic) bond motifs is 1. The van der Waals surface area contributed by atoms with E-state index < -0.39 is 6.04 Å². The molecule has 11 heteroatoms. The van der Waals surface area contributed by atoms with E-state index in [1.54, 1.807) is 32.4 Å². The van der Waals surface area contributed by atoms with Crippen LogP contribution in [0.2, 0.25) is 0 Å². The number of benzene rings is 2. The van der Waals surface area contributed by atoms with E-state index in [1.165, 1.54) is 0 Å². The van der Waals surface area contributed by atoms with Gasteiger partial charge in [-0.25, -0.2) is 4.68 Å². The fraction of sp³-hybridized carbons (Fsp3) is 0.429. The summed E-state index contributed by atoms with van der Waals surface area (Å²) in [4.78, 5) is 21.3. The zero-order valence-electron chi connectivity index (χ0n) is 22.2. The van der Waals surface area contributed by atoms with Gasteiger partial charge in [-0.05, 0) is 59.7 Å². The van der Waals surface area contributed by atoms with Crippen molar-refractivity contribution in [3.05, 3.63) is 64.2 Å². The van der Waals surface area contributed by atoms with E-state index in [9.17, 15) is 9.90 Å². The van der Waals surface area contributed by atoms with Gasteiger partial charge in [0.2, 0.25) is 0 Å². The molecular formula is C28H33N7O4. The van der Waals surface area contributed by atoms with Gasteiger partial charge in [0.15, 0.2) is 17.3 Å². The summed E-state index contributed by atoms with van der Waals surface area (Å²) in [6.45, 7) is 2.96. The molecular weight excluding hydrogens is 498 g/mol. The molecule has 1 saturated carbocycles. The number of methoxy groups -OCH3 is 2. The summed E-state index contributed by atoms with van der Waals surface area (Å²) in [5.74, 6) is 2.10. The molecule has 0 amide bonds. The number of nitrogens with zero attached hydrogens (tertiary/aromatic N) is 6. The smallest absolute Gasteiger partial charge is 0.253 e. The number of anilines is 1. The van der Waals surface area contributed by atoms with Crippen LogP contribution in [0.15, 0.2) is 47.3 Å². The number of ether oxygens (including phenoxy) is 2. The maximum atomic E-state index is 13.7. The number of tetrazole rings is 1. The maximum absolute atomic E-state index is 13.7. The molecule has 0 radical (unpaired) electrons. The lowest BCUT2D eigenvalue weighted by molar-refractivity contribution is 0.197. The number of rotatable bonds is 7. The highest BCUT2D eigenvalue weighted by molar-refractivity contribution is 5.83. The van der Waals surface area contributed by atoms with Gasteiger partial charge in [-0.2, -0.15) is 0 Å². The van der Waals surface area contributed by atoms with Crippen molar-refractivity contribution in [3.63, 3.8) is 0 Å². The van der Waals surface area contributed by atoms with Crippen LogP contribution in [0.25, 0.3) is 10.9 Å². The molecule has 0 bridgehead atoms. The van der Waals surface area contributed by atoms with Gasteiger partial charge in [-0.1, -0.05) is 12.8 Å². The van der Waals surface area contributed by atoms with Crippen LogP contribution in [0, 0.1) is 0 Å². The van der Waals surface area contributed by atoms with Crippen molar-refractivity contribution < 1.29 is 14.6 Å². The van der Waals surface area contributed by atoms with Crippen LogP contribution in [-0.2, 0) is 0 Å². The van der Waals surface area contributed by atoms with Gasteiger partial charge in [0.25, 0.3) is 5.56 Å². The van der Waals surface area contributed by atoms with Crippen LogP contribution in [0.4, 0.5) is 5.69 Å². The lowest BCUT2D eigenvalue weighted by atomic mass is 10.0. The van der Waals surface area contributed by atoms with Gasteiger partial charge >= 0.3 is 0 Å². The molecule has 4 aromatic rings. The number of pyridine rings is 1. The number of nitrogens with one attached hydrogen (secondary N) is 1. The predicted molar refractivity (Wildman–Crippen MR) is 147 cm³/mol. The normalized spacial score (nSPS) is 17.5. The number of phenolic OH excluding ortho intramolecular Hbond substituents is 1. The van der Waals surface area contributed by atoms with Crippen molar-refractivity contribution in [1.29, 1.82) is 0 Å². The Bertz CT molecular complexity index is 1500. The van der Waals surface area contributed by atoms with E-state index in [1.807, 2.05) is 28.9 Å². The Labute approximate surface area is 226 Å². The second-order valence-electron chi connectivity index (χ2n) is 10.2. The van der Waals surface area contributed by atoms with Crippen molar-refractivity contribution in [2.45, 2.75) is 37.8 Å². The number of aromatic nitrogens is 5. The number of phenols is 1. The quantitative estimate of drug-likeness (QED) is 0.370. The topological polar surface area (TPSA) is 122 Å². The summed E-state index contributed by atoms with van der Waals surface area (Å²) in [5.41, 5.74) is 2.15. The first kappa shape index (κ1) is 25.2. The van der Waals surface area contributed by atoms with Gasteiger partial charge in [-0.3, -0.25) is 9.69 Å². The molecule has 39 heavy (non-hydrogen) atoms. The monoisotopic (exact) mass is 531 g/mol. The number of hydrogen-bond donors (Lipinski definition) is 2. The van der Waals surface area contributed by atoms with E-state index >= 15 is 0 Å². The van der Waals surface area contributed by atoms with Crippen LogP contribution < -0.4 is 19.9 Å². The van der Waals surface area contributed by atoms with Crippen LogP contribution >= 0.6 is 0 Å². The Morgan fingerprint density at radius 1 is 0.974 bits per heavy atom. The minimum absolute atomic E-state index is 0.179. The Morgan fingerprint density at radius 2 is 1.67 bits per heavy atom. The third-order valence-corrected chi connectivity index (χ3v) is 8.00. The molecule has 2 N–H and O–H groups in total. The second kappa shape index (κ2) is 10.6. The minimum Gasteiger partial charge on any atom is -0.508 e.